The summed E-state index contributed by atoms with van der Waals surface area (Å²) in [6.45, 7) is 1.67. The van der Waals surface area contributed by atoms with Gasteiger partial charge in [-0.1, -0.05) is 23.7 Å². The Morgan fingerprint density at radius 3 is 2.05 bits per heavy atom. The predicted molar refractivity (Wildman–Crippen MR) is 153 cm³/mol. The number of rotatable bonds is 19. The zero-order valence-electron chi connectivity index (χ0n) is 23.2. The maximum Gasteiger partial charge on any atom is 0.303 e. The summed E-state index contributed by atoms with van der Waals surface area (Å²) in [5.41, 5.74) is 11.5. The molecule has 0 radical (unpaired) electrons. The molecule has 42 heavy (non-hydrogen) atoms. The number of benzene rings is 1. The Morgan fingerprint density at radius 1 is 0.833 bits per heavy atom. The fraction of sp³-hybridized carbons (Fsp3) is 0.444. The van der Waals surface area contributed by atoms with Crippen LogP contribution in [0, 0.1) is 0 Å². The second-order valence-electron chi connectivity index (χ2n) is 9.38. The summed E-state index contributed by atoms with van der Waals surface area (Å²) in [5.74, 6) is -5.01. The highest BCUT2D eigenvalue weighted by atomic mass is 35.5. The van der Waals surface area contributed by atoms with Gasteiger partial charge < -0.3 is 37.8 Å². The summed E-state index contributed by atoms with van der Waals surface area (Å²) in [6.07, 6.45) is 2.98. The van der Waals surface area contributed by atoms with Crippen molar-refractivity contribution in [2.75, 3.05) is 6.54 Å². The summed E-state index contributed by atoms with van der Waals surface area (Å²) in [5, 5.41) is 19.0. The van der Waals surface area contributed by atoms with Crippen LogP contribution < -0.4 is 32.7 Å². The number of nitrogens with two attached hydrogens (primary N) is 2. The molecule has 0 aliphatic rings. The van der Waals surface area contributed by atoms with Crippen molar-refractivity contribution in [2.45, 2.75) is 70.0 Å². The Bertz CT molecular complexity index is 1160. The fourth-order valence-electron chi connectivity index (χ4n) is 3.49. The molecule has 1 rings (SSSR count). The van der Waals surface area contributed by atoms with Gasteiger partial charge in [0.1, 0.15) is 18.1 Å². The van der Waals surface area contributed by atoms with E-state index in [0.717, 1.165) is 5.56 Å². The van der Waals surface area contributed by atoms with Gasteiger partial charge in [0.2, 0.25) is 35.4 Å². The lowest BCUT2D eigenvalue weighted by Gasteiger charge is -2.20. The van der Waals surface area contributed by atoms with Crippen LogP contribution in [0.2, 0.25) is 5.02 Å². The average molecular weight is 609 g/mol. The normalized spacial score (nSPS) is 12.9. The van der Waals surface area contributed by atoms with Gasteiger partial charge in [-0.05, 0) is 56.4 Å². The number of halogens is 1. The van der Waals surface area contributed by atoms with Crippen LogP contribution >= 0.6 is 11.6 Å². The maximum atomic E-state index is 12.5. The minimum atomic E-state index is -1.22. The van der Waals surface area contributed by atoms with Gasteiger partial charge in [0.25, 0.3) is 0 Å². The number of carboxylic acids is 1. The third kappa shape index (κ3) is 15.4. The van der Waals surface area contributed by atoms with Gasteiger partial charge in [-0.25, -0.2) is 0 Å². The lowest BCUT2D eigenvalue weighted by atomic mass is 10.1. The van der Waals surface area contributed by atoms with Crippen molar-refractivity contribution in [3.05, 3.63) is 40.9 Å². The first-order valence-electron chi connectivity index (χ1n) is 13.2. The zero-order chi connectivity index (χ0) is 31.7. The number of carbonyl (C=O) groups excluding carboxylic acids is 6. The van der Waals surface area contributed by atoms with E-state index in [1.807, 2.05) is 0 Å². The quantitative estimate of drug-likeness (QED) is 0.0812. The number of primary amides is 2. The molecule has 15 heteroatoms. The van der Waals surface area contributed by atoms with Crippen LogP contribution in [0.3, 0.4) is 0 Å². The van der Waals surface area contributed by atoms with Crippen molar-refractivity contribution < 1.29 is 38.7 Å². The van der Waals surface area contributed by atoms with Gasteiger partial charge in [0.05, 0.1) is 6.42 Å². The highest BCUT2D eigenvalue weighted by Gasteiger charge is 2.24. The molecule has 1 aromatic rings. The minimum Gasteiger partial charge on any atom is -0.481 e. The maximum absolute atomic E-state index is 12.5. The van der Waals surface area contributed by atoms with Crippen LogP contribution in [0.5, 0.6) is 0 Å². The third-order valence-corrected chi connectivity index (χ3v) is 6.11. The van der Waals surface area contributed by atoms with Gasteiger partial charge in [-0.2, -0.15) is 0 Å². The molecule has 0 spiro atoms. The van der Waals surface area contributed by atoms with Crippen molar-refractivity contribution in [3.8, 4) is 0 Å². The van der Waals surface area contributed by atoms with Crippen molar-refractivity contribution in [3.63, 3.8) is 0 Å². The van der Waals surface area contributed by atoms with Crippen LogP contribution in [0.4, 0.5) is 0 Å². The Morgan fingerprint density at radius 2 is 1.45 bits per heavy atom. The number of amides is 6. The Labute approximate surface area is 248 Å². The van der Waals surface area contributed by atoms with Crippen molar-refractivity contribution >= 4 is 59.1 Å². The molecule has 0 aliphatic heterocycles. The molecule has 3 atom stereocenters. The first kappa shape index (κ1) is 35.6. The molecule has 0 saturated heterocycles. The Hall–Kier alpha value is -4.46. The average Bonchev–Trinajstić information content (AvgIpc) is 2.92. The van der Waals surface area contributed by atoms with Crippen molar-refractivity contribution in [1.29, 1.82) is 0 Å². The Balaban J connectivity index is 2.48. The van der Waals surface area contributed by atoms with Crippen LogP contribution in [0.1, 0.15) is 57.4 Å². The van der Waals surface area contributed by atoms with Gasteiger partial charge in [-0.15, -0.1) is 0 Å². The summed E-state index contributed by atoms with van der Waals surface area (Å²) in [4.78, 5) is 82.7. The molecular weight excluding hydrogens is 572 g/mol. The lowest BCUT2D eigenvalue weighted by Crippen LogP contribution is -2.52. The van der Waals surface area contributed by atoms with Crippen LogP contribution in [-0.4, -0.2) is 71.2 Å². The van der Waals surface area contributed by atoms with Gasteiger partial charge in [0, 0.05) is 30.5 Å². The topological polar surface area (TPSA) is 240 Å². The van der Waals surface area contributed by atoms with E-state index in [1.165, 1.54) is 19.1 Å². The number of unbranched alkanes of at least 4 members (excludes halogenated alkanes) is 1. The molecule has 14 nitrogen and oxygen atoms in total. The molecule has 6 amide bonds. The van der Waals surface area contributed by atoms with E-state index >= 15 is 0 Å². The lowest BCUT2D eigenvalue weighted by molar-refractivity contribution is -0.138. The molecule has 0 saturated carbocycles. The highest BCUT2D eigenvalue weighted by Crippen LogP contribution is 2.10. The molecule has 0 bridgehead atoms. The molecule has 0 aliphatic carbocycles. The van der Waals surface area contributed by atoms with E-state index < -0.39 is 59.5 Å². The monoisotopic (exact) mass is 608 g/mol. The number of hydrogen-bond acceptors (Lipinski definition) is 7. The molecule has 0 heterocycles. The standard InChI is InChI=1S/C27H37ClN6O8/c1-16(32-22(36)11-7-17-5-8-18(28)9-6-17)27(42)34-20(26(30)41)10-12-23(37)33-19(25(29)40)4-2-3-15-31-21(35)13-14-24(38)39/h5-9,11,16,19-20H,2-4,10,12-15H2,1H3,(H2,29,40)(H2,30,41)(H,31,35)(H,32,36)(H,33,37)(H,34,42)(H,38,39)/b11-7+/t16-,19-,20+/m0/s1. The van der Waals surface area contributed by atoms with Crippen molar-refractivity contribution in [1.82, 2.24) is 21.3 Å². The summed E-state index contributed by atoms with van der Waals surface area (Å²) in [7, 11) is 0. The molecule has 1 aromatic carbocycles. The van der Waals surface area contributed by atoms with Crippen molar-refractivity contribution in [2.24, 2.45) is 11.5 Å². The first-order chi connectivity index (χ1) is 19.8. The summed E-state index contributed by atoms with van der Waals surface area (Å²) in [6, 6.07) is 3.49. The number of hydrogen-bond donors (Lipinski definition) is 7. The second-order valence-corrected chi connectivity index (χ2v) is 9.82. The molecule has 0 fully saturated rings. The van der Waals surface area contributed by atoms with E-state index in [1.54, 1.807) is 24.3 Å². The predicted octanol–water partition coefficient (Wildman–Crippen LogP) is -0.270. The number of carbonyl (C=O) groups is 7. The van der Waals surface area contributed by atoms with Crippen LogP contribution in [0.15, 0.2) is 30.3 Å². The van der Waals surface area contributed by atoms with Gasteiger partial charge >= 0.3 is 5.97 Å². The SMILES string of the molecule is C[C@H](NC(=O)/C=C/c1ccc(Cl)cc1)C(=O)N[C@H](CCC(=O)N[C@@H](CCCCNC(=O)CCC(=O)O)C(N)=O)C(N)=O. The molecule has 230 valence electrons. The zero-order valence-corrected chi connectivity index (χ0v) is 23.9. The summed E-state index contributed by atoms with van der Waals surface area (Å²) < 4.78 is 0. The van der Waals surface area contributed by atoms with Crippen LogP contribution in [-0.2, 0) is 33.6 Å². The van der Waals surface area contributed by atoms with E-state index in [4.69, 9.17) is 28.2 Å². The van der Waals surface area contributed by atoms with Gasteiger partial charge in [0.15, 0.2) is 0 Å². The van der Waals surface area contributed by atoms with Gasteiger partial charge in [-0.3, -0.25) is 33.6 Å². The highest BCUT2D eigenvalue weighted by molar-refractivity contribution is 6.30. The largest absolute Gasteiger partial charge is 0.481 e. The van der Waals surface area contributed by atoms with E-state index in [9.17, 15) is 33.6 Å². The molecule has 0 aromatic heterocycles. The number of aliphatic carboxylic acids is 1. The molecule has 9 N–H and O–H groups in total. The molecule has 0 unspecified atom stereocenters. The second kappa shape index (κ2) is 18.8. The van der Waals surface area contributed by atoms with E-state index in [0.29, 0.717) is 17.9 Å². The minimum absolute atomic E-state index is 0.141. The fourth-order valence-corrected chi connectivity index (χ4v) is 3.62. The first-order valence-corrected chi connectivity index (χ1v) is 13.6. The van der Waals surface area contributed by atoms with E-state index in [2.05, 4.69) is 21.3 Å². The summed E-state index contributed by atoms with van der Waals surface area (Å²) >= 11 is 5.82. The van der Waals surface area contributed by atoms with E-state index in [-0.39, 0.29) is 38.6 Å². The molecular formula is C27H37ClN6O8. The number of nitrogens with one attached hydrogen (secondary N) is 4. The Kier molecular flexibility index (Phi) is 15.9. The third-order valence-electron chi connectivity index (χ3n) is 5.86. The smallest absolute Gasteiger partial charge is 0.303 e. The number of carboxylic acid groups (broad SMARTS) is 1. The van der Waals surface area contributed by atoms with Crippen LogP contribution in [0.25, 0.3) is 6.08 Å².